The zero-order chi connectivity index (χ0) is 9.56. The fraction of sp³-hybridized carbons (Fsp3) is 0.714. The highest BCUT2D eigenvalue weighted by atomic mass is 32.1. The van der Waals surface area contributed by atoms with E-state index >= 15 is 0 Å². The Morgan fingerprint density at radius 1 is 1.67 bits per heavy atom. The molecule has 0 aromatic carbocycles. The molecule has 0 aliphatic carbocycles. The summed E-state index contributed by atoms with van der Waals surface area (Å²) >= 11 is 4.69. The second kappa shape index (κ2) is 5.91. The summed E-state index contributed by atoms with van der Waals surface area (Å²) < 4.78 is 4.48. The molecule has 0 aliphatic rings. The lowest BCUT2D eigenvalue weighted by Crippen LogP contribution is -2.29. The molecule has 0 spiro atoms. The third-order valence-electron chi connectivity index (χ3n) is 1.37. The van der Waals surface area contributed by atoms with Crippen LogP contribution in [0.2, 0.25) is 0 Å². The van der Waals surface area contributed by atoms with Crippen LogP contribution in [0.1, 0.15) is 6.42 Å². The van der Waals surface area contributed by atoms with Crippen LogP contribution < -0.4 is 5.73 Å². The van der Waals surface area contributed by atoms with Gasteiger partial charge in [0.1, 0.15) is 0 Å². The highest BCUT2D eigenvalue weighted by Crippen LogP contribution is 1.88. The number of carbonyl (C=O) groups excluding carboxylic acids is 1. The number of nitrogens with zero attached hydrogens (tertiary/aromatic N) is 1. The number of hydrogen-bond donors (Lipinski definition) is 1. The Labute approximate surface area is 77.7 Å². The van der Waals surface area contributed by atoms with Crippen LogP contribution in [-0.4, -0.2) is 43.1 Å². The standard InChI is InChI=1S/C7H14N2O2S/c1-9(4-3-6(8)12)5-7(10)11-2/h3-5H2,1-2H3,(H2,8,12). The van der Waals surface area contributed by atoms with Gasteiger partial charge in [0.05, 0.1) is 18.6 Å². The van der Waals surface area contributed by atoms with Crippen LogP contribution in [0, 0.1) is 0 Å². The van der Waals surface area contributed by atoms with Crippen molar-refractivity contribution in [3.63, 3.8) is 0 Å². The summed E-state index contributed by atoms with van der Waals surface area (Å²) in [7, 11) is 3.18. The molecule has 0 amide bonds. The minimum absolute atomic E-state index is 0.250. The normalized spacial score (nSPS) is 9.92. The van der Waals surface area contributed by atoms with Gasteiger partial charge in [-0.15, -0.1) is 0 Å². The third kappa shape index (κ3) is 6.06. The molecule has 70 valence electrons. The average Bonchev–Trinajstić information content (AvgIpc) is 2.00. The molecule has 4 nitrogen and oxygen atoms in total. The van der Waals surface area contributed by atoms with E-state index in [-0.39, 0.29) is 12.5 Å². The van der Waals surface area contributed by atoms with Crippen molar-refractivity contribution < 1.29 is 9.53 Å². The van der Waals surface area contributed by atoms with Crippen molar-refractivity contribution >= 4 is 23.2 Å². The van der Waals surface area contributed by atoms with Gasteiger partial charge in [-0.1, -0.05) is 12.2 Å². The molecule has 0 unspecified atom stereocenters. The van der Waals surface area contributed by atoms with Crippen LogP contribution in [0.15, 0.2) is 0 Å². The molecular weight excluding hydrogens is 176 g/mol. The average molecular weight is 190 g/mol. The molecule has 0 saturated carbocycles. The van der Waals surface area contributed by atoms with Crippen LogP contribution >= 0.6 is 12.2 Å². The Kier molecular flexibility index (Phi) is 5.57. The maximum absolute atomic E-state index is 10.7. The molecule has 12 heavy (non-hydrogen) atoms. The number of ether oxygens (including phenoxy) is 1. The molecule has 0 saturated heterocycles. The minimum atomic E-state index is -0.250. The van der Waals surface area contributed by atoms with Gasteiger partial charge >= 0.3 is 5.97 Å². The Hall–Kier alpha value is -0.680. The number of methoxy groups -OCH3 is 1. The summed E-state index contributed by atoms with van der Waals surface area (Å²) in [6, 6.07) is 0. The lowest BCUT2D eigenvalue weighted by Gasteiger charge is -2.13. The monoisotopic (exact) mass is 190 g/mol. The number of thiocarbonyl (C=S) groups is 1. The Balaban J connectivity index is 3.52. The van der Waals surface area contributed by atoms with Gasteiger partial charge in [0.2, 0.25) is 0 Å². The number of hydrogen-bond acceptors (Lipinski definition) is 4. The fourth-order valence-corrected chi connectivity index (χ4v) is 0.756. The van der Waals surface area contributed by atoms with E-state index in [9.17, 15) is 4.79 Å². The van der Waals surface area contributed by atoms with Gasteiger partial charge in [0.15, 0.2) is 0 Å². The highest BCUT2D eigenvalue weighted by molar-refractivity contribution is 7.80. The van der Waals surface area contributed by atoms with E-state index in [0.29, 0.717) is 18.0 Å². The van der Waals surface area contributed by atoms with E-state index in [1.807, 2.05) is 11.9 Å². The molecule has 2 N–H and O–H groups in total. The first-order chi connectivity index (χ1) is 5.56. The van der Waals surface area contributed by atoms with E-state index in [4.69, 9.17) is 18.0 Å². The number of rotatable bonds is 5. The zero-order valence-corrected chi connectivity index (χ0v) is 8.19. The highest BCUT2D eigenvalue weighted by Gasteiger charge is 2.05. The summed E-state index contributed by atoms with van der Waals surface area (Å²) in [6.07, 6.45) is 0.628. The fourth-order valence-electron chi connectivity index (χ4n) is 0.665. The van der Waals surface area contributed by atoms with E-state index in [0.717, 1.165) is 0 Å². The maximum Gasteiger partial charge on any atom is 0.319 e. The predicted octanol–water partition coefficient (Wildman–Crippen LogP) is -0.233. The first-order valence-electron chi connectivity index (χ1n) is 3.60. The summed E-state index contributed by atoms with van der Waals surface area (Å²) in [5, 5.41) is 0. The first-order valence-corrected chi connectivity index (χ1v) is 4.00. The molecule has 0 aromatic rings. The zero-order valence-electron chi connectivity index (χ0n) is 7.37. The largest absolute Gasteiger partial charge is 0.468 e. The molecule has 0 rings (SSSR count). The van der Waals surface area contributed by atoms with Crippen molar-refractivity contribution in [1.82, 2.24) is 4.90 Å². The van der Waals surface area contributed by atoms with Gasteiger partial charge in [-0.3, -0.25) is 9.69 Å². The maximum atomic E-state index is 10.7. The summed E-state index contributed by atoms with van der Waals surface area (Å²) in [5.41, 5.74) is 5.29. The van der Waals surface area contributed by atoms with Crippen LogP contribution in [-0.2, 0) is 9.53 Å². The van der Waals surface area contributed by atoms with Crippen molar-refractivity contribution in [2.45, 2.75) is 6.42 Å². The van der Waals surface area contributed by atoms with Crippen molar-refractivity contribution in [2.75, 3.05) is 27.2 Å². The van der Waals surface area contributed by atoms with E-state index in [2.05, 4.69) is 4.74 Å². The first kappa shape index (κ1) is 11.3. The molecule has 5 heteroatoms. The third-order valence-corrected chi connectivity index (χ3v) is 1.57. The van der Waals surface area contributed by atoms with Gasteiger partial charge in [-0.05, 0) is 7.05 Å². The van der Waals surface area contributed by atoms with Crippen LogP contribution in [0.3, 0.4) is 0 Å². The molecular formula is C7H14N2O2S. The topological polar surface area (TPSA) is 55.6 Å². The van der Waals surface area contributed by atoms with E-state index in [1.54, 1.807) is 0 Å². The lowest BCUT2D eigenvalue weighted by atomic mass is 10.4. The van der Waals surface area contributed by atoms with Gasteiger partial charge in [0, 0.05) is 13.0 Å². The number of nitrogens with two attached hydrogens (primary N) is 1. The van der Waals surface area contributed by atoms with Crippen molar-refractivity contribution in [2.24, 2.45) is 5.73 Å². The molecule has 0 bridgehead atoms. The lowest BCUT2D eigenvalue weighted by molar-refractivity contribution is -0.141. The van der Waals surface area contributed by atoms with Gasteiger partial charge in [-0.25, -0.2) is 0 Å². The Morgan fingerprint density at radius 2 is 2.25 bits per heavy atom. The van der Waals surface area contributed by atoms with Crippen molar-refractivity contribution in [1.29, 1.82) is 0 Å². The second-order valence-electron chi connectivity index (χ2n) is 2.53. The molecule has 0 aliphatic heterocycles. The summed E-state index contributed by atoms with van der Waals surface area (Å²) in [4.78, 5) is 13.0. The Bertz CT molecular complexity index is 173. The SMILES string of the molecule is COC(=O)CN(C)CCC(N)=S. The summed E-state index contributed by atoms with van der Waals surface area (Å²) in [6.45, 7) is 0.962. The molecule has 0 heterocycles. The van der Waals surface area contributed by atoms with Crippen molar-refractivity contribution in [3.05, 3.63) is 0 Å². The second-order valence-corrected chi connectivity index (χ2v) is 3.05. The molecule has 0 aromatic heterocycles. The number of likely N-dealkylation sites (N-methyl/N-ethyl adjacent to an activating group) is 1. The van der Waals surface area contributed by atoms with E-state index < -0.39 is 0 Å². The number of esters is 1. The van der Waals surface area contributed by atoms with Crippen LogP contribution in [0.4, 0.5) is 0 Å². The van der Waals surface area contributed by atoms with Gasteiger partial charge < -0.3 is 10.5 Å². The molecule has 0 atom stereocenters. The minimum Gasteiger partial charge on any atom is -0.468 e. The molecule has 0 fully saturated rings. The smallest absolute Gasteiger partial charge is 0.319 e. The van der Waals surface area contributed by atoms with Gasteiger partial charge in [-0.2, -0.15) is 0 Å². The van der Waals surface area contributed by atoms with Crippen LogP contribution in [0.5, 0.6) is 0 Å². The molecule has 0 radical (unpaired) electrons. The number of carbonyl (C=O) groups is 1. The predicted molar refractivity (Wildman–Crippen MR) is 50.9 cm³/mol. The summed E-state index contributed by atoms with van der Waals surface area (Å²) in [5.74, 6) is -0.250. The van der Waals surface area contributed by atoms with Crippen LogP contribution in [0.25, 0.3) is 0 Å². The van der Waals surface area contributed by atoms with Crippen molar-refractivity contribution in [3.8, 4) is 0 Å². The quantitative estimate of drug-likeness (QED) is 0.479. The van der Waals surface area contributed by atoms with E-state index in [1.165, 1.54) is 7.11 Å². The Morgan fingerprint density at radius 3 is 2.67 bits per heavy atom. The van der Waals surface area contributed by atoms with Gasteiger partial charge in [0.25, 0.3) is 0 Å².